The lowest BCUT2D eigenvalue weighted by Crippen LogP contribution is -2.48. The van der Waals surface area contributed by atoms with Crippen LogP contribution in [0.4, 0.5) is 5.69 Å². The van der Waals surface area contributed by atoms with Crippen LogP contribution in [0.25, 0.3) is 0 Å². The molecule has 2 heterocycles. The normalized spacial score (nSPS) is 21.8. The molecule has 0 radical (unpaired) electrons. The molecule has 2 N–H and O–H groups in total. The first-order chi connectivity index (χ1) is 11.5. The minimum absolute atomic E-state index is 0.0283. The minimum Gasteiger partial charge on any atom is -0.341 e. The first kappa shape index (κ1) is 17.5. The molecule has 0 saturated carbocycles. The van der Waals surface area contributed by atoms with Crippen LogP contribution in [0.5, 0.6) is 0 Å². The van der Waals surface area contributed by atoms with Crippen molar-refractivity contribution in [2.75, 3.05) is 25.0 Å². The van der Waals surface area contributed by atoms with Gasteiger partial charge in [0, 0.05) is 24.7 Å². The minimum atomic E-state index is -0.0833. The maximum Gasteiger partial charge on any atom is 0.239 e. The number of nitrogens with one attached hydrogen (secondary N) is 2. The zero-order valence-corrected chi connectivity index (χ0v) is 14.9. The number of likely N-dealkylation sites (tertiary alicyclic amines) is 1. The van der Waals surface area contributed by atoms with Crippen LogP contribution in [-0.2, 0) is 9.59 Å². The van der Waals surface area contributed by atoms with Crippen LogP contribution in [0.15, 0.2) is 18.2 Å². The molecule has 130 valence electrons. The zero-order chi connectivity index (χ0) is 17.1. The van der Waals surface area contributed by atoms with Gasteiger partial charge in [0.2, 0.25) is 11.8 Å². The second-order valence-electron chi connectivity index (χ2n) is 6.37. The average Bonchev–Trinajstić information content (AvgIpc) is 3.12. The fourth-order valence-electron chi connectivity index (χ4n) is 3.30. The quantitative estimate of drug-likeness (QED) is 0.860. The van der Waals surface area contributed by atoms with Gasteiger partial charge in [-0.05, 0) is 50.4 Å². The van der Waals surface area contributed by atoms with Crippen molar-refractivity contribution in [1.82, 2.24) is 10.2 Å². The lowest BCUT2D eigenvalue weighted by molar-refractivity contribution is -0.136. The molecule has 5 nitrogen and oxygen atoms in total. The molecule has 7 heteroatoms. The Morgan fingerprint density at radius 2 is 1.88 bits per heavy atom. The number of hydrogen-bond acceptors (Lipinski definition) is 3. The van der Waals surface area contributed by atoms with Crippen molar-refractivity contribution in [2.24, 2.45) is 5.92 Å². The molecule has 2 fully saturated rings. The number of nitrogens with zero attached hydrogens (tertiary/aromatic N) is 1. The summed E-state index contributed by atoms with van der Waals surface area (Å²) in [6, 6.07) is 5.00. The average molecular weight is 370 g/mol. The standard InChI is InChI=1S/C17H21Cl2N3O2/c18-13-4-3-12(10-14(13)19)21-16(23)11-5-8-22(9-6-11)17(24)15-2-1-7-20-15/h3-4,10-11,15,20H,1-2,5-9H2,(H,21,23). The van der Waals surface area contributed by atoms with Crippen LogP contribution in [0.1, 0.15) is 25.7 Å². The van der Waals surface area contributed by atoms with E-state index < -0.39 is 0 Å². The predicted octanol–water partition coefficient (Wildman–Crippen LogP) is 2.92. The Kier molecular flexibility index (Phi) is 5.64. The van der Waals surface area contributed by atoms with E-state index in [1.807, 2.05) is 4.90 Å². The molecule has 1 aromatic carbocycles. The number of amides is 2. The molecule has 1 aromatic rings. The molecule has 3 rings (SSSR count). The second kappa shape index (κ2) is 7.72. The summed E-state index contributed by atoms with van der Waals surface area (Å²) in [6.45, 7) is 2.19. The summed E-state index contributed by atoms with van der Waals surface area (Å²) in [7, 11) is 0. The molecule has 2 aliphatic rings. The molecule has 1 atom stereocenters. The highest BCUT2D eigenvalue weighted by Gasteiger charge is 2.31. The van der Waals surface area contributed by atoms with Gasteiger partial charge in [-0.15, -0.1) is 0 Å². The Bertz CT molecular complexity index is 624. The van der Waals surface area contributed by atoms with E-state index in [4.69, 9.17) is 23.2 Å². The third-order valence-corrected chi connectivity index (χ3v) is 5.46. The van der Waals surface area contributed by atoms with Gasteiger partial charge in [-0.3, -0.25) is 9.59 Å². The number of hydrogen-bond donors (Lipinski definition) is 2. The summed E-state index contributed by atoms with van der Waals surface area (Å²) in [5.41, 5.74) is 0.642. The van der Waals surface area contributed by atoms with Crippen LogP contribution in [0.3, 0.4) is 0 Å². The number of carbonyl (C=O) groups excluding carboxylic acids is 2. The number of anilines is 1. The van der Waals surface area contributed by atoms with E-state index in [1.165, 1.54) is 0 Å². The lowest BCUT2D eigenvalue weighted by Gasteiger charge is -2.33. The fraction of sp³-hybridized carbons (Fsp3) is 0.529. The first-order valence-electron chi connectivity index (χ1n) is 8.32. The van der Waals surface area contributed by atoms with Crippen LogP contribution in [-0.4, -0.2) is 42.4 Å². The van der Waals surface area contributed by atoms with E-state index >= 15 is 0 Å². The van der Waals surface area contributed by atoms with Gasteiger partial charge < -0.3 is 15.5 Å². The molecule has 0 spiro atoms. The summed E-state index contributed by atoms with van der Waals surface area (Å²) in [6.07, 6.45) is 3.34. The van der Waals surface area contributed by atoms with Gasteiger partial charge in [0.25, 0.3) is 0 Å². The summed E-state index contributed by atoms with van der Waals surface area (Å²) in [5.74, 6) is 0.0651. The molecule has 24 heavy (non-hydrogen) atoms. The van der Waals surface area contributed by atoms with Gasteiger partial charge in [-0.2, -0.15) is 0 Å². The van der Waals surface area contributed by atoms with Gasteiger partial charge >= 0.3 is 0 Å². The monoisotopic (exact) mass is 369 g/mol. The Morgan fingerprint density at radius 3 is 2.50 bits per heavy atom. The molecule has 1 unspecified atom stereocenters. The van der Waals surface area contributed by atoms with Crippen LogP contribution >= 0.6 is 23.2 Å². The van der Waals surface area contributed by atoms with Crippen LogP contribution in [0.2, 0.25) is 10.0 Å². The third kappa shape index (κ3) is 4.02. The SMILES string of the molecule is O=C(Nc1ccc(Cl)c(Cl)c1)C1CCN(C(=O)C2CCCN2)CC1. The van der Waals surface area contributed by atoms with Crippen LogP contribution < -0.4 is 10.6 Å². The molecule has 0 aromatic heterocycles. The van der Waals surface area contributed by atoms with Crippen molar-refractivity contribution in [3.63, 3.8) is 0 Å². The Balaban J connectivity index is 1.51. The van der Waals surface area contributed by atoms with Gasteiger partial charge in [0.05, 0.1) is 16.1 Å². The van der Waals surface area contributed by atoms with E-state index in [0.717, 1.165) is 19.4 Å². The molecular formula is C17H21Cl2N3O2. The van der Waals surface area contributed by atoms with Gasteiger partial charge in [0.1, 0.15) is 0 Å². The van der Waals surface area contributed by atoms with Crippen molar-refractivity contribution < 1.29 is 9.59 Å². The lowest BCUT2D eigenvalue weighted by atomic mass is 9.95. The van der Waals surface area contributed by atoms with E-state index in [2.05, 4.69) is 10.6 Å². The van der Waals surface area contributed by atoms with Crippen molar-refractivity contribution in [3.8, 4) is 0 Å². The van der Waals surface area contributed by atoms with E-state index in [1.54, 1.807) is 18.2 Å². The first-order valence-corrected chi connectivity index (χ1v) is 9.08. The smallest absolute Gasteiger partial charge is 0.239 e. The zero-order valence-electron chi connectivity index (χ0n) is 13.4. The molecule has 2 amide bonds. The number of piperidine rings is 1. The highest BCUT2D eigenvalue weighted by Crippen LogP contribution is 2.26. The summed E-state index contributed by atoms with van der Waals surface area (Å²) >= 11 is 11.8. The molecule has 2 aliphatic heterocycles. The Labute approximate surface area is 151 Å². The largest absolute Gasteiger partial charge is 0.341 e. The Morgan fingerprint density at radius 1 is 1.12 bits per heavy atom. The second-order valence-corrected chi connectivity index (χ2v) is 7.18. The maximum atomic E-state index is 12.4. The summed E-state index contributed by atoms with van der Waals surface area (Å²) in [4.78, 5) is 26.6. The predicted molar refractivity (Wildman–Crippen MR) is 95.4 cm³/mol. The van der Waals surface area contributed by atoms with E-state index in [0.29, 0.717) is 41.7 Å². The summed E-state index contributed by atoms with van der Waals surface area (Å²) < 4.78 is 0. The summed E-state index contributed by atoms with van der Waals surface area (Å²) in [5, 5.41) is 6.99. The number of halogens is 2. The molecule has 0 aliphatic carbocycles. The van der Waals surface area contributed by atoms with Crippen molar-refractivity contribution >= 4 is 40.7 Å². The molecular weight excluding hydrogens is 349 g/mol. The van der Waals surface area contributed by atoms with Gasteiger partial charge in [0.15, 0.2) is 0 Å². The van der Waals surface area contributed by atoms with E-state index in [9.17, 15) is 9.59 Å². The van der Waals surface area contributed by atoms with Crippen molar-refractivity contribution in [3.05, 3.63) is 28.2 Å². The highest BCUT2D eigenvalue weighted by atomic mass is 35.5. The molecule has 0 bridgehead atoms. The van der Waals surface area contributed by atoms with Gasteiger partial charge in [-0.25, -0.2) is 0 Å². The Hall–Kier alpha value is -1.30. The number of benzene rings is 1. The van der Waals surface area contributed by atoms with E-state index in [-0.39, 0.29) is 23.8 Å². The van der Waals surface area contributed by atoms with Crippen molar-refractivity contribution in [2.45, 2.75) is 31.7 Å². The van der Waals surface area contributed by atoms with Crippen molar-refractivity contribution in [1.29, 1.82) is 0 Å². The van der Waals surface area contributed by atoms with Gasteiger partial charge in [-0.1, -0.05) is 23.2 Å². The number of rotatable bonds is 3. The highest BCUT2D eigenvalue weighted by molar-refractivity contribution is 6.42. The maximum absolute atomic E-state index is 12.4. The molecule has 2 saturated heterocycles. The van der Waals surface area contributed by atoms with Crippen LogP contribution in [0, 0.1) is 5.92 Å². The fourth-order valence-corrected chi connectivity index (χ4v) is 3.59. The topological polar surface area (TPSA) is 61.4 Å². The third-order valence-electron chi connectivity index (χ3n) is 4.72. The number of carbonyl (C=O) groups is 2.